The van der Waals surface area contributed by atoms with Crippen LogP contribution in [0.3, 0.4) is 0 Å². The van der Waals surface area contributed by atoms with E-state index < -0.39 is 37.3 Å². The first-order valence-corrected chi connectivity index (χ1v) is 18.7. The van der Waals surface area contributed by atoms with Crippen LogP contribution in [0.1, 0.15) is 158 Å². The van der Waals surface area contributed by atoms with Crippen LogP contribution in [-0.4, -0.2) is 9.79 Å². The van der Waals surface area contributed by atoms with Crippen molar-refractivity contribution >= 4 is 15.6 Å². The van der Waals surface area contributed by atoms with Crippen LogP contribution >= 0.6 is 15.6 Å². The predicted molar refractivity (Wildman–Crippen MR) is 187 cm³/mol. The SMILES string of the molecule is CC(C)(C)c1cc(C(C)(C)C)c(OP(=O)(Oc2c(C(C)(C)C)cc(C(C)(C)C)cc2C(C)(C)C)OP(=O)(O)O)c(C(C)(C)C)c1. The van der Waals surface area contributed by atoms with Crippen molar-refractivity contribution in [1.29, 1.82) is 0 Å². The molecule has 0 radical (unpaired) electrons. The average Bonchev–Trinajstić information content (AvgIpc) is 2.72. The van der Waals surface area contributed by atoms with E-state index in [2.05, 4.69) is 41.5 Å². The second-order valence-electron chi connectivity index (χ2n) is 18.5. The number of hydrogen-bond acceptors (Lipinski definition) is 5. The van der Waals surface area contributed by atoms with E-state index in [1.54, 1.807) is 0 Å². The number of phosphoric acid groups is 2. The lowest BCUT2D eigenvalue weighted by Gasteiger charge is -2.35. The molecule has 7 nitrogen and oxygen atoms in total. The van der Waals surface area contributed by atoms with Gasteiger partial charge in [0.15, 0.2) is 0 Å². The van der Waals surface area contributed by atoms with E-state index >= 15 is 0 Å². The van der Waals surface area contributed by atoms with Crippen LogP contribution < -0.4 is 9.05 Å². The van der Waals surface area contributed by atoms with Gasteiger partial charge in [0.1, 0.15) is 11.5 Å². The molecule has 2 aromatic carbocycles. The van der Waals surface area contributed by atoms with Crippen LogP contribution in [-0.2, 0) is 45.9 Å². The first-order chi connectivity index (χ1) is 19.6. The van der Waals surface area contributed by atoms with Crippen molar-refractivity contribution in [3.8, 4) is 11.5 Å². The molecule has 256 valence electrons. The third-order valence-electron chi connectivity index (χ3n) is 7.75. The lowest BCUT2D eigenvalue weighted by atomic mass is 9.75. The average molecular weight is 667 g/mol. The van der Waals surface area contributed by atoms with Gasteiger partial charge in [-0.15, -0.1) is 0 Å². The van der Waals surface area contributed by atoms with Gasteiger partial charge in [0, 0.05) is 22.3 Å². The summed E-state index contributed by atoms with van der Waals surface area (Å²) in [6.07, 6.45) is 0. The molecule has 0 bridgehead atoms. The molecule has 2 N–H and O–H groups in total. The van der Waals surface area contributed by atoms with Gasteiger partial charge in [0.25, 0.3) is 0 Å². The third-order valence-corrected chi connectivity index (χ3v) is 10.2. The lowest BCUT2D eigenvalue weighted by Crippen LogP contribution is -2.24. The summed E-state index contributed by atoms with van der Waals surface area (Å²) in [6, 6.07) is 8.08. The van der Waals surface area contributed by atoms with Gasteiger partial charge < -0.3 is 18.8 Å². The highest BCUT2D eigenvalue weighted by molar-refractivity contribution is 7.61. The Morgan fingerprint density at radius 1 is 0.444 bits per heavy atom. The van der Waals surface area contributed by atoms with Crippen LogP contribution in [0.15, 0.2) is 24.3 Å². The molecule has 2 rings (SSSR count). The fourth-order valence-corrected chi connectivity index (χ4v) is 7.14. The first-order valence-electron chi connectivity index (χ1n) is 15.7. The largest absolute Gasteiger partial charge is 0.596 e. The van der Waals surface area contributed by atoms with E-state index in [0.29, 0.717) is 0 Å². The molecule has 2 aromatic rings. The molecule has 0 unspecified atom stereocenters. The highest BCUT2D eigenvalue weighted by atomic mass is 31.3. The van der Waals surface area contributed by atoms with E-state index in [0.717, 1.165) is 33.4 Å². The van der Waals surface area contributed by atoms with Gasteiger partial charge in [-0.2, -0.15) is 4.31 Å². The van der Waals surface area contributed by atoms with E-state index in [1.807, 2.05) is 107 Å². The zero-order valence-corrected chi connectivity index (χ0v) is 32.9. The number of rotatable bonds is 6. The maximum Gasteiger partial charge on any atom is 0.596 e. The Balaban J connectivity index is 3.10. The molecule has 0 amide bonds. The van der Waals surface area contributed by atoms with Gasteiger partial charge >= 0.3 is 15.6 Å². The van der Waals surface area contributed by atoms with Crippen molar-refractivity contribution in [2.75, 3.05) is 0 Å². The maximum absolute atomic E-state index is 14.9. The molecule has 0 fully saturated rings. The van der Waals surface area contributed by atoms with Crippen molar-refractivity contribution < 1.29 is 32.3 Å². The van der Waals surface area contributed by atoms with Gasteiger partial charge in [0.2, 0.25) is 0 Å². The number of phosphoric ester groups is 1. The molecule has 0 aliphatic carbocycles. The Labute approximate surface area is 273 Å². The molecule has 0 aliphatic rings. The van der Waals surface area contributed by atoms with Gasteiger partial charge in [-0.3, -0.25) is 0 Å². The summed E-state index contributed by atoms with van der Waals surface area (Å²) in [5.74, 6) is 0.474. The minimum Gasteiger partial charge on any atom is -0.394 e. The summed E-state index contributed by atoms with van der Waals surface area (Å²) in [5.41, 5.74) is 2.63. The highest BCUT2D eigenvalue weighted by Gasteiger charge is 2.45. The molecule has 0 aromatic heterocycles. The Hall–Kier alpha value is -1.62. The molecule has 0 heterocycles. The second-order valence-corrected chi connectivity index (χ2v) is 21.4. The fraction of sp³-hybridized carbons (Fsp3) is 0.667. The minimum absolute atomic E-state index is 0.209. The van der Waals surface area contributed by atoms with Crippen LogP contribution in [0.5, 0.6) is 11.5 Å². The smallest absolute Gasteiger partial charge is 0.394 e. The molecule has 0 saturated carbocycles. The van der Waals surface area contributed by atoms with Crippen LogP contribution in [0.2, 0.25) is 0 Å². The molecule has 45 heavy (non-hydrogen) atoms. The van der Waals surface area contributed by atoms with Gasteiger partial charge in [-0.05, 0) is 43.6 Å². The van der Waals surface area contributed by atoms with Crippen LogP contribution in [0.4, 0.5) is 0 Å². The summed E-state index contributed by atoms with van der Waals surface area (Å²) in [7, 11) is -10.4. The van der Waals surface area contributed by atoms with E-state index in [4.69, 9.17) is 13.4 Å². The summed E-state index contributed by atoms with van der Waals surface area (Å²) in [5, 5.41) is 0. The third kappa shape index (κ3) is 10.2. The highest BCUT2D eigenvalue weighted by Crippen LogP contribution is 2.63. The fourth-order valence-electron chi connectivity index (χ4n) is 4.95. The van der Waals surface area contributed by atoms with Crippen LogP contribution in [0, 0.1) is 0 Å². The van der Waals surface area contributed by atoms with Crippen molar-refractivity contribution in [2.24, 2.45) is 0 Å². The van der Waals surface area contributed by atoms with E-state index in [1.165, 1.54) is 0 Å². The van der Waals surface area contributed by atoms with Crippen molar-refractivity contribution in [3.63, 3.8) is 0 Å². The zero-order valence-electron chi connectivity index (χ0n) is 31.1. The normalized spacial score (nSPS) is 14.5. The molecular formula is C36H60O7P2. The van der Waals surface area contributed by atoms with E-state index in [-0.39, 0.29) is 22.3 Å². The van der Waals surface area contributed by atoms with Gasteiger partial charge in [-0.1, -0.05) is 149 Å². The first kappa shape index (κ1) is 39.6. The number of hydrogen-bond donors (Lipinski definition) is 2. The molecule has 9 heteroatoms. The summed E-state index contributed by atoms with van der Waals surface area (Å²) < 4.78 is 45.1. The van der Waals surface area contributed by atoms with Crippen molar-refractivity contribution in [3.05, 3.63) is 57.6 Å². The summed E-state index contributed by atoms with van der Waals surface area (Å²) >= 11 is 0. The maximum atomic E-state index is 14.9. The molecule has 0 aliphatic heterocycles. The predicted octanol–water partition coefficient (Wildman–Crippen LogP) is 11.1. The van der Waals surface area contributed by atoms with Gasteiger partial charge in [0.05, 0.1) is 0 Å². The molecular weight excluding hydrogens is 606 g/mol. The van der Waals surface area contributed by atoms with Crippen molar-refractivity contribution in [2.45, 2.75) is 157 Å². The number of benzene rings is 2. The molecule has 0 saturated heterocycles. The van der Waals surface area contributed by atoms with Gasteiger partial charge in [-0.25, -0.2) is 9.13 Å². The monoisotopic (exact) mass is 666 g/mol. The Bertz CT molecular complexity index is 1320. The summed E-state index contributed by atoms with van der Waals surface area (Å²) in [4.78, 5) is 20.2. The standard InChI is InChI=1S/C36H60O7P2/c1-31(2,3)23-19-25(33(7,8)9)29(26(20-23)34(10,11)12)41-45(40,43-44(37,38)39)42-30-27(35(13,14)15)21-24(32(4,5)6)22-28(30)36(16,17)18/h19-22H,1-18H3,(H2,37,38,39). The minimum atomic E-state index is -5.37. The van der Waals surface area contributed by atoms with E-state index in [9.17, 15) is 18.9 Å². The molecule has 0 spiro atoms. The lowest BCUT2D eigenvalue weighted by molar-refractivity contribution is 0.230. The Morgan fingerprint density at radius 3 is 0.822 bits per heavy atom. The Morgan fingerprint density at radius 2 is 0.667 bits per heavy atom. The zero-order chi connectivity index (χ0) is 35.6. The second kappa shape index (κ2) is 12.1. The quantitative estimate of drug-likeness (QED) is 0.296. The molecule has 0 atom stereocenters. The van der Waals surface area contributed by atoms with Crippen molar-refractivity contribution in [1.82, 2.24) is 0 Å². The van der Waals surface area contributed by atoms with Crippen LogP contribution in [0.25, 0.3) is 0 Å². The summed E-state index contributed by atoms with van der Waals surface area (Å²) in [6.45, 7) is 36.9. The Kier molecular flexibility index (Phi) is 10.7. The topological polar surface area (TPSA) is 102 Å².